The summed E-state index contributed by atoms with van der Waals surface area (Å²) >= 11 is 0. The zero-order valence-electron chi connectivity index (χ0n) is 15.2. The van der Waals surface area contributed by atoms with Crippen LogP contribution in [0, 0.1) is 12.7 Å². The predicted molar refractivity (Wildman–Crippen MR) is 99.7 cm³/mol. The van der Waals surface area contributed by atoms with Gasteiger partial charge in [-0.1, -0.05) is 29.8 Å². The van der Waals surface area contributed by atoms with Gasteiger partial charge in [0.1, 0.15) is 12.1 Å². The molecular weight excluding hydrogens is 384 g/mol. The van der Waals surface area contributed by atoms with Crippen molar-refractivity contribution in [2.45, 2.75) is 13.1 Å². The zero-order valence-corrected chi connectivity index (χ0v) is 15.2. The Morgan fingerprint density at radius 1 is 0.931 bits per heavy atom. The van der Waals surface area contributed by atoms with Gasteiger partial charge in [0.2, 0.25) is 5.82 Å². The summed E-state index contributed by atoms with van der Waals surface area (Å²) in [5, 5.41) is 0. The van der Waals surface area contributed by atoms with Crippen molar-refractivity contribution in [3.63, 3.8) is 0 Å². The van der Waals surface area contributed by atoms with Crippen molar-refractivity contribution in [2.24, 2.45) is 0 Å². The molecule has 0 saturated carbocycles. The average molecular weight is 398 g/mol. The molecule has 0 atom stereocenters. The third-order valence-corrected chi connectivity index (χ3v) is 4.32. The van der Waals surface area contributed by atoms with Crippen LogP contribution in [0.3, 0.4) is 0 Å². The van der Waals surface area contributed by atoms with Gasteiger partial charge in [0.25, 0.3) is 0 Å². The van der Waals surface area contributed by atoms with Crippen LogP contribution in [-0.4, -0.2) is 19.5 Å². The van der Waals surface area contributed by atoms with Gasteiger partial charge in [-0.3, -0.25) is 4.57 Å². The maximum absolute atomic E-state index is 13.6. The molecule has 0 unspecified atom stereocenters. The molecule has 0 aliphatic rings. The molecule has 0 saturated heterocycles. The van der Waals surface area contributed by atoms with Gasteiger partial charge in [-0.2, -0.15) is 13.2 Å². The van der Waals surface area contributed by atoms with E-state index in [0.717, 1.165) is 5.56 Å². The second-order valence-electron chi connectivity index (χ2n) is 6.44. The van der Waals surface area contributed by atoms with Crippen LogP contribution < -0.4 is 0 Å². The lowest BCUT2D eigenvalue weighted by Gasteiger charge is -2.17. The standard InChI is InChI=1S/C21H14F4N4/c1-13-3-2-4-15(11-13)17-18(14-5-7-16(22)8-6-14)27-20(21(23,24)25)28-19(17)29-10-9-26-12-29/h2-12H,1H3. The maximum Gasteiger partial charge on any atom is 0.451 e. The number of rotatable bonds is 3. The molecule has 0 bridgehead atoms. The van der Waals surface area contributed by atoms with Crippen LogP contribution >= 0.6 is 0 Å². The van der Waals surface area contributed by atoms with Gasteiger partial charge in [-0.15, -0.1) is 0 Å². The number of hydrogen-bond acceptors (Lipinski definition) is 3. The van der Waals surface area contributed by atoms with Gasteiger partial charge in [0, 0.05) is 18.0 Å². The largest absolute Gasteiger partial charge is 0.451 e. The molecule has 4 aromatic rings. The number of hydrogen-bond donors (Lipinski definition) is 0. The van der Waals surface area contributed by atoms with Gasteiger partial charge >= 0.3 is 6.18 Å². The molecule has 2 heterocycles. The molecule has 0 N–H and O–H groups in total. The van der Waals surface area contributed by atoms with E-state index < -0.39 is 17.8 Å². The van der Waals surface area contributed by atoms with Crippen LogP contribution in [0.15, 0.2) is 67.3 Å². The molecule has 0 aliphatic carbocycles. The number of nitrogens with zero attached hydrogens (tertiary/aromatic N) is 4. The highest BCUT2D eigenvalue weighted by Gasteiger charge is 2.37. The Morgan fingerprint density at radius 3 is 2.31 bits per heavy atom. The minimum Gasteiger partial charge on any atom is -0.290 e. The maximum atomic E-state index is 13.6. The first-order valence-electron chi connectivity index (χ1n) is 8.63. The molecule has 8 heteroatoms. The Hall–Kier alpha value is -3.55. The summed E-state index contributed by atoms with van der Waals surface area (Å²) in [6, 6.07) is 12.4. The van der Waals surface area contributed by atoms with Crippen LogP contribution in [0.2, 0.25) is 0 Å². The highest BCUT2D eigenvalue weighted by atomic mass is 19.4. The van der Waals surface area contributed by atoms with Crippen LogP contribution in [0.1, 0.15) is 11.4 Å². The Kier molecular flexibility index (Phi) is 4.62. The Labute approximate surface area is 163 Å². The van der Waals surface area contributed by atoms with E-state index >= 15 is 0 Å². The summed E-state index contributed by atoms with van der Waals surface area (Å²) < 4.78 is 55.5. The molecule has 4 rings (SSSR count). The summed E-state index contributed by atoms with van der Waals surface area (Å²) in [5.41, 5.74) is 2.36. The fourth-order valence-corrected chi connectivity index (χ4v) is 3.03. The Bertz CT molecular complexity index is 1150. The van der Waals surface area contributed by atoms with E-state index in [1.807, 2.05) is 19.1 Å². The van der Waals surface area contributed by atoms with E-state index in [2.05, 4.69) is 15.0 Å². The number of aromatic nitrogens is 4. The Morgan fingerprint density at radius 2 is 1.69 bits per heavy atom. The molecule has 0 aliphatic heterocycles. The van der Waals surface area contributed by atoms with E-state index in [-0.39, 0.29) is 11.5 Å². The van der Waals surface area contributed by atoms with Gasteiger partial charge < -0.3 is 0 Å². The minimum atomic E-state index is -4.75. The predicted octanol–water partition coefficient (Wildman–Crippen LogP) is 5.46. The molecule has 0 spiro atoms. The number of imidazole rings is 1. The van der Waals surface area contributed by atoms with Crippen molar-refractivity contribution in [3.05, 3.63) is 84.5 Å². The van der Waals surface area contributed by atoms with Crippen LogP contribution in [0.25, 0.3) is 28.2 Å². The molecule has 4 nitrogen and oxygen atoms in total. The fourth-order valence-electron chi connectivity index (χ4n) is 3.03. The summed E-state index contributed by atoms with van der Waals surface area (Å²) in [6.45, 7) is 1.88. The van der Waals surface area contributed by atoms with Crippen LogP contribution in [-0.2, 0) is 6.18 Å². The Balaban J connectivity index is 2.11. The van der Waals surface area contributed by atoms with Gasteiger partial charge in [-0.05, 0) is 36.8 Å². The molecule has 0 fully saturated rings. The van der Waals surface area contributed by atoms with Crippen molar-refractivity contribution in [2.75, 3.05) is 0 Å². The smallest absolute Gasteiger partial charge is 0.290 e. The van der Waals surface area contributed by atoms with Gasteiger partial charge in [-0.25, -0.2) is 19.3 Å². The molecular formula is C21H14F4N4. The molecule has 2 aromatic carbocycles. The summed E-state index contributed by atoms with van der Waals surface area (Å²) in [7, 11) is 0. The third-order valence-electron chi connectivity index (χ3n) is 4.32. The molecule has 29 heavy (non-hydrogen) atoms. The topological polar surface area (TPSA) is 43.6 Å². The van der Waals surface area contributed by atoms with Crippen LogP contribution in [0.5, 0.6) is 0 Å². The highest BCUT2D eigenvalue weighted by Crippen LogP contribution is 2.38. The first-order chi connectivity index (χ1) is 13.8. The first kappa shape index (κ1) is 18.8. The summed E-state index contributed by atoms with van der Waals surface area (Å²) in [5.74, 6) is -1.74. The van der Waals surface area contributed by atoms with E-state index in [1.54, 1.807) is 12.1 Å². The molecule has 146 valence electrons. The average Bonchev–Trinajstić information content (AvgIpc) is 3.21. The lowest BCUT2D eigenvalue weighted by atomic mass is 9.98. The number of aryl methyl sites for hydroxylation is 1. The molecule has 0 amide bonds. The van der Waals surface area contributed by atoms with Crippen LogP contribution in [0.4, 0.5) is 17.6 Å². The molecule has 2 aromatic heterocycles. The summed E-state index contributed by atoms with van der Waals surface area (Å²) in [6.07, 6.45) is -0.422. The number of halogens is 4. The summed E-state index contributed by atoms with van der Waals surface area (Å²) in [4.78, 5) is 11.6. The van der Waals surface area contributed by atoms with Crippen molar-refractivity contribution < 1.29 is 17.6 Å². The molecule has 0 radical (unpaired) electrons. The number of alkyl halides is 3. The minimum absolute atomic E-state index is 0.0368. The van der Waals surface area contributed by atoms with E-state index in [9.17, 15) is 17.6 Å². The van der Waals surface area contributed by atoms with E-state index in [0.29, 0.717) is 16.7 Å². The van der Waals surface area contributed by atoms with Gasteiger partial charge in [0.05, 0.1) is 11.3 Å². The second kappa shape index (κ2) is 7.12. The van der Waals surface area contributed by atoms with Crippen molar-refractivity contribution >= 4 is 0 Å². The quantitative estimate of drug-likeness (QED) is 0.430. The number of benzene rings is 2. The van der Waals surface area contributed by atoms with Crippen molar-refractivity contribution in [3.8, 4) is 28.2 Å². The second-order valence-corrected chi connectivity index (χ2v) is 6.44. The highest BCUT2D eigenvalue weighted by molar-refractivity contribution is 5.85. The van der Waals surface area contributed by atoms with Gasteiger partial charge in [0.15, 0.2) is 5.82 Å². The lowest BCUT2D eigenvalue weighted by molar-refractivity contribution is -0.144. The van der Waals surface area contributed by atoms with Crippen molar-refractivity contribution in [1.29, 1.82) is 0 Å². The third kappa shape index (κ3) is 3.73. The monoisotopic (exact) mass is 398 g/mol. The zero-order chi connectivity index (χ0) is 20.6. The first-order valence-corrected chi connectivity index (χ1v) is 8.63. The SMILES string of the molecule is Cc1cccc(-c2c(-c3ccc(F)cc3)nc(C(F)(F)F)nc2-n2ccnc2)c1. The lowest BCUT2D eigenvalue weighted by Crippen LogP contribution is -2.15. The van der Waals surface area contributed by atoms with E-state index in [1.165, 1.54) is 47.6 Å². The fraction of sp³-hybridized carbons (Fsp3) is 0.0952. The van der Waals surface area contributed by atoms with Crippen molar-refractivity contribution in [1.82, 2.24) is 19.5 Å². The normalized spacial score (nSPS) is 11.6. The van der Waals surface area contributed by atoms with E-state index in [4.69, 9.17) is 0 Å².